The molecule has 76 valence electrons. The molecular formula is C11H15NO2. The Morgan fingerprint density at radius 2 is 2.14 bits per heavy atom. The summed E-state index contributed by atoms with van der Waals surface area (Å²) in [5.41, 5.74) is 2.05. The summed E-state index contributed by atoms with van der Waals surface area (Å²) in [4.78, 5) is 10.4. The Labute approximate surface area is 83.9 Å². The molecule has 0 aliphatic heterocycles. The zero-order valence-corrected chi connectivity index (χ0v) is 8.62. The van der Waals surface area contributed by atoms with Crippen LogP contribution in [0.5, 0.6) is 0 Å². The number of hydrogen-bond acceptors (Lipinski definition) is 2. The quantitative estimate of drug-likeness (QED) is 0.544. The van der Waals surface area contributed by atoms with Crippen LogP contribution in [0.2, 0.25) is 0 Å². The second kappa shape index (κ2) is 4.74. The molecule has 3 nitrogen and oxygen atoms in total. The van der Waals surface area contributed by atoms with Crippen LogP contribution < -0.4 is 0 Å². The Hall–Kier alpha value is -1.38. The molecule has 0 bridgehead atoms. The van der Waals surface area contributed by atoms with Gasteiger partial charge in [0.1, 0.15) is 0 Å². The molecule has 0 radical (unpaired) electrons. The van der Waals surface area contributed by atoms with Gasteiger partial charge in [0.15, 0.2) is 0 Å². The maximum atomic E-state index is 10.7. The van der Waals surface area contributed by atoms with Crippen molar-refractivity contribution in [1.29, 1.82) is 0 Å². The first-order valence-electron chi connectivity index (χ1n) is 4.89. The van der Waals surface area contributed by atoms with E-state index in [4.69, 9.17) is 0 Å². The summed E-state index contributed by atoms with van der Waals surface area (Å²) < 4.78 is 0. The Morgan fingerprint density at radius 3 is 2.71 bits per heavy atom. The average molecular weight is 193 g/mol. The van der Waals surface area contributed by atoms with Crippen molar-refractivity contribution >= 4 is 5.69 Å². The Bertz CT molecular complexity index is 334. The zero-order valence-electron chi connectivity index (χ0n) is 8.62. The van der Waals surface area contributed by atoms with Crippen LogP contribution in [0.25, 0.3) is 0 Å². The summed E-state index contributed by atoms with van der Waals surface area (Å²) in [5, 5.41) is 10.7. The molecule has 1 rings (SSSR count). The fraction of sp³-hybridized carbons (Fsp3) is 0.455. The molecule has 0 atom stereocenters. The van der Waals surface area contributed by atoms with Crippen LogP contribution in [0.15, 0.2) is 18.2 Å². The van der Waals surface area contributed by atoms with Crippen LogP contribution in [0.4, 0.5) is 5.69 Å². The van der Waals surface area contributed by atoms with Gasteiger partial charge in [-0.25, -0.2) is 0 Å². The number of unbranched alkanes of at least 4 members (excludes halogenated alkanes) is 1. The first-order chi connectivity index (χ1) is 6.65. The van der Waals surface area contributed by atoms with Crippen LogP contribution in [0, 0.1) is 17.0 Å². The third kappa shape index (κ3) is 2.55. The summed E-state index contributed by atoms with van der Waals surface area (Å²) in [6.45, 7) is 3.95. The third-order valence-electron chi connectivity index (χ3n) is 2.24. The third-order valence-corrected chi connectivity index (χ3v) is 2.24. The van der Waals surface area contributed by atoms with Crippen molar-refractivity contribution in [1.82, 2.24) is 0 Å². The van der Waals surface area contributed by atoms with Crippen LogP contribution in [0.1, 0.15) is 30.9 Å². The van der Waals surface area contributed by atoms with E-state index in [9.17, 15) is 10.1 Å². The topological polar surface area (TPSA) is 43.1 Å². The Morgan fingerprint density at radius 1 is 1.43 bits per heavy atom. The lowest BCUT2D eigenvalue weighted by molar-refractivity contribution is -0.385. The minimum atomic E-state index is -0.294. The smallest absolute Gasteiger partial charge is 0.258 e. The molecule has 0 unspecified atom stereocenters. The first-order valence-corrected chi connectivity index (χ1v) is 4.89. The van der Waals surface area contributed by atoms with Gasteiger partial charge >= 0.3 is 0 Å². The maximum absolute atomic E-state index is 10.7. The lowest BCUT2D eigenvalue weighted by atomic mass is 10.0. The molecule has 0 heterocycles. The highest BCUT2D eigenvalue weighted by atomic mass is 16.6. The minimum absolute atomic E-state index is 0.262. The molecule has 0 aliphatic carbocycles. The lowest BCUT2D eigenvalue weighted by Gasteiger charge is -2.02. The molecule has 0 N–H and O–H groups in total. The molecule has 3 heteroatoms. The van der Waals surface area contributed by atoms with Crippen molar-refractivity contribution in [3.05, 3.63) is 39.4 Å². The molecule has 0 aromatic heterocycles. The second-order valence-corrected chi connectivity index (χ2v) is 3.49. The molecule has 0 saturated carbocycles. The van der Waals surface area contributed by atoms with E-state index in [0.29, 0.717) is 0 Å². The molecular weight excluding hydrogens is 178 g/mol. The van der Waals surface area contributed by atoms with Crippen molar-refractivity contribution < 1.29 is 4.92 Å². The van der Waals surface area contributed by atoms with Crippen LogP contribution in [-0.4, -0.2) is 4.92 Å². The van der Waals surface area contributed by atoms with E-state index in [0.717, 1.165) is 30.4 Å². The van der Waals surface area contributed by atoms with E-state index >= 15 is 0 Å². The van der Waals surface area contributed by atoms with Crippen molar-refractivity contribution in [2.75, 3.05) is 0 Å². The fourth-order valence-electron chi connectivity index (χ4n) is 1.42. The van der Waals surface area contributed by atoms with Gasteiger partial charge in [0.25, 0.3) is 5.69 Å². The normalized spacial score (nSPS) is 10.1. The summed E-state index contributed by atoms with van der Waals surface area (Å²) in [6, 6.07) is 5.44. The summed E-state index contributed by atoms with van der Waals surface area (Å²) in [7, 11) is 0. The SMILES string of the molecule is CCCCc1ccc(C)cc1[N+](=O)[O-]. The molecule has 1 aromatic rings. The van der Waals surface area contributed by atoms with Gasteiger partial charge in [0.05, 0.1) is 4.92 Å². The van der Waals surface area contributed by atoms with Gasteiger partial charge in [-0.1, -0.05) is 25.5 Å². The van der Waals surface area contributed by atoms with Gasteiger partial charge in [-0.3, -0.25) is 10.1 Å². The van der Waals surface area contributed by atoms with Crippen molar-refractivity contribution in [3.8, 4) is 0 Å². The van der Waals surface area contributed by atoms with E-state index in [-0.39, 0.29) is 10.6 Å². The van der Waals surface area contributed by atoms with E-state index in [2.05, 4.69) is 6.92 Å². The summed E-state index contributed by atoms with van der Waals surface area (Å²) in [6.07, 6.45) is 2.86. The monoisotopic (exact) mass is 193 g/mol. The van der Waals surface area contributed by atoms with Crippen molar-refractivity contribution in [2.24, 2.45) is 0 Å². The van der Waals surface area contributed by atoms with E-state index in [1.54, 1.807) is 6.07 Å². The predicted molar refractivity (Wildman–Crippen MR) is 56.4 cm³/mol. The van der Waals surface area contributed by atoms with Gasteiger partial charge < -0.3 is 0 Å². The molecule has 0 amide bonds. The highest BCUT2D eigenvalue weighted by Crippen LogP contribution is 2.21. The molecule has 0 saturated heterocycles. The number of rotatable bonds is 4. The fourth-order valence-corrected chi connectivity index (χ4v) is 1.42. The maximum Gasteiger partial charge on any atom is 0.272 e. The Kier molecular flexibility index (Phi) is 3.63. The molecule has 0 aliphatic rings. The molecule has 1 aromatic carbocycles. The first kappa shape index (κ1) is 10.7. The van der Waals surface area contributed by atoms with Gasteiger partial charge in [-0.15, -0.1) is 0 Å². The van der Waals surface area contributed by atoms with Crippen molar-refractivity contribution in [3.63, 3.8) is 0 Å². The predicted octanol–water partition coefficient (Wildman–Crippen LogP) is 3.25. The van der Waals surface area contributed by atoms with Gasteiger partial charge in [-0.2, -0.15) is 0 Å². The van der Waals surface area contributed by atoms with Crippen molar-refractivity contribution in [2.45, 2.75) is 33.1 Å². The average Bonchev–Trinajstić information content (AvgIpc) is 2.15. The minimum Gasteiger partial charge on any atom is -0.258 e. The van der Waals surface area contributed by atoms with Crippen LogP contribution in [0.3, 0.4) is 0 Å². The lowest BCUT2D eigenvalue weighted by Crippen LogP contribution is -1.96. The number of hydrogen-bond donors (Lipinski definition) is 0. The number of aryl methyl sites for hydroxylation is 2. The number of benzene rings is 1. The standard InChI is InChI=1S/C11H15NO2/c1-3-4-5-10-7-6-9(2)8-11(10)12(13)14/h6-8H,3-5H2,1-2H3. The molecule has 0 fully saturated rings. The highest BCUT2D eigenvalue weighted by molar-refractivity contribution is 5.43. The number of nitro groups is 1. The Balaban J connectivity index is 2.96. The number of nitro benzene ring substituents is 1. The largest absolute Gasteiger partial charge is 0.272 e. The van der Waals surface area contributed by atoms with E-state index in [1.807, 2.05) is 19.1 Å². The van der Waals surface area contributed by atoms with Crippen LogP contribution in [-0.2, 0) is 6.42 Å². The van der Waals surface area contributed by atoms with Gasteiger partial charge in [0.2, 0.25) is 0 Å². The van der Waals surface area contributed by atoms with Gasteiger partial charge in [-0.05, 0) is 25.3 Å². The summed E-state index contributed by atoms with van der Waals surface area (Å²) in [5.74, 6) is 0. The van der Waals surface area contributed by atoms with E-state index in [1.165, 1.54) is 0 Å². The second-order valence-electron chi connectivity index (χ2n) is 3.49. The van der Waals surface area contributed by atoms with Gasteiger partial charge in [0, 0.05) is 11.6 Å². The summed E-state index contributed by atoms with van der Waals surface area (Å²) >= 11 is 0. The molecule has 14 heavy (non-hydrogen) atoms. The van der Waals surface area contributed by atoms with Crippen LogP contribution >= 0.6 is 0 Å². The highest BCUT2D eigenvalue weighted by Gasteiger charge is 2.12. The number of nitrogens with zero attached hydrogens (tertiary/aromatic N) is 1. The zero-order chi connectivity index (χ0) is 10.6. The van der Waals surface area contributed by atoms with E-state index < -0.39 is 0 Å². The molecule has 0 spiro atoms.